The number of carbonyl (C=O) groups excluding carboxylic acids is 2. The van der Waals surface area contributed by atoms with Crippen LogP contribution in [0, 0.1) is 19.8 Å². The van der Waals surface area contributed by atoms with Gasteiger partial charge >= 0.3 is 0 Å². The largest absolute Gasteiger partial charge is 0.274 e. The van der Waals surface area contributed by atoms with Crippen molar-refractivity contribution in [3.05, 3.63) is 63.1 Å². The molecule has 0 N–H and O–H groups in total. The van der Waals surface area contributed by atoms with E-state index in [2.05, 4.69) is 10.0 Å². The third kappa shape index (κ3) is 2.76. The number of imide groups is 1. The Morgan fingerprint density at radius 1 is 0.862 bits per heavy atom. The van der Waals surface area contributed by atoms with Crippen molar-refractivity contribution < 1.29 is 9.59 Å². The number of hydrogen-bond donors (Lipinski definition) is 0. The van der Waals surface area contributed by atoms with E-state index < -0.39 is 12.0 Å². The molecule has 3 saturated heterocycles. The van der Waals surface area contributed by atoms with Gasteiger partial charge < -0.3 is 0 Å². The molecule has 0 radical (unpaired) electrons. The number of halogens is 2. The van der Waals surface area contributed by atoms with Gasteiger partial charge in [0.05, 0.1) is 17.6 Å². The van der Waals surface area contributed by atoms with E-state index >= 15 is 0 Å². The van der Waals surface area contributed by atoms with Crippen LogP contribution in [0.5, 0.6) is 0 Å². The summed E-state index contributed by atoms with van der Waals surface area (Å²) in [5, 5.41) is 5.30. The van der Waals surface area contributed by atoms with Gasteiger partial charge in [-0.25, -0.2) is 14.9 Å². The van der Waals surface area contributed by atoms with E-state index in [9.17, 15) is 9.59 Å². The summed E-state index contributed by atoms with van der Waals surface area (Å²) in [5.74, 6) is -0.792. The van der Waals surface area contributed by atoms with Crippen molar-refractivity contribution in [3.8, 4) is 0 Å². The minimum absolute atomic E-state index is 0.150. The van der Waals surface area contributed by atoms with Crippen molar-refractivity contribution in [2.24, 2.45) is 5.92 Å². The van der Waals surface area contributed by atoms with Crippen LogP contribution in [-0.4, -0.2) is 41.0 Å². The molecule has 0 unspecified atom stereocenters. The number of hydrogen-bond acceptors (Lipinski definition) is 4. The van der Waals surface area contributed by atoms with E-state index in [4.69, 9.17) is 23.2 Å². The summed E-state index contributed by atoms with van der Waals surface area (Å²) in [6.45, 7) is 5.58. The first-order valence-corrected chi connectivity index (χ1v) is 10.6. The molecule has 0 spiro atoms. The fraction of sp³-hybridized carbons (Fsp3) is 0.364. The third-order valence-electron chi connectivity index (χ3n) is 6.44. The lowest BCUT2D eigenvalue weighted by Crippen LogP contribution is -2.44. The molecule has 7 heteroatoms. The number of rotatable bonds is 2. The lowest BCUT2D eigenvalue weighted by Gasteiger charge is -2.30. The Labute approximate surface area is 179 Å². The van der Waals surface area contributed by atoms with E-state index in [-0.39, 0.29) is 17.9 Å². The van der Waals surface area contributed by atoms with Gasteiger partial charge in [-0.05, 0) is 61.2 Å². The summed E-state index contributed by atoms with van der Waals surface area (Å²) < 4.78 is 0. The van der Waals surface area contributed by atoms with Crippen molar-refractivity contribution in [3.63, 3.8) is 0 Å². The molecule has 3 aliphatic rings. The highest BCUT2D eigenvalue weighted by atomic mass is 35.5. The minimum atomic E-state index is -0.483. The summed E-state index contributed by atoms with van der Waals surface area (Å²) in [4.78, 5) is 28.4. The molecule has 0 saturated carbocycles. The van der Waals surface area contributed by atoms with Crippen LogP contribution in [0.15, 0.2) is 36.4 Å². The first-order chi connectivity index (χ1) is 13.9. The fourth-order valence-corrected chi connectivity index (χ4v) is 5.47. The highest BCUT2D eigenvalue weighted by Crippen LogP contribution is 2.50. The van der Waals surface area contributed by atoms with Crippen LogP contribution in [0.25, 0.3) is 0 Å². The molecule has 0 aliphatic carbocycles. The second-order valence-electron chi connectivity index (χ2n) is 8.04. The van der Waals surface area contributed by atoms with Gasteiger partial charge in [0.25, 0.3) is 5.91 Å². The Bertz CT molecular complexity index is 1040. The van der Waals surface area contributed by atoms with E-state index in [0.29, 0.717) is 15.7 Å². The van der Waals surface area contributed by atoms with E-state index in [1.807, 2.05) is 38.1 Å². The maximum Gasteiger partial charge on any atom is 0.253 e. The molecule has 5 rings (SSSR count). The average molecular weight is 430 g/mol. The SMILES string of the molecule is Cc1ccc(N2C(=O)[C@@H]3[C@H](C2=O)N2CCCN2[C@H]3c2ccc(Cl)cc2Cl)cc1C. The van der Waals surface area contributed by atoms with Gasteiger partial charge in [-0.3, -0.25) is 9.59 Å². The van der Waals surface area contributed by atoms with Gasteiger partial charge in [-0.2, -0.15) is 0 Å². The predicted octanol–water partition coefficient (Wildman–Crippen LogP) is 4.15. The van der Waals surface area contributed by atoms with Gasteiger partial charge in [-0.15, -0.1) is 0 Å². The Morgan fingerprint density at radius 2 is 1.59 bits per heavy atom. The highest BCUT2D eigenvalue weighted by molar-refractivity contribution is 6.35. The number of aryl methyl sites for hydroxylation is 2. The van der Waals surface area contributed by atoms with Crippen LogP contribution in [-0.2, 0) is 9.59 Å². The smallest absolute Gasteiger partial charge is 0.253 e. The molecule has 3 heterocycles. The van der Waals surface area contributed by atoms with E-state index in [0.717, 1.165) is 36.2 Å². The van der Waals surface area contributed by atoms with Crippen LogP contribution >= 0.6 is 23.2 Å². The van der Waals surface area contributed by atoms with Crippen LogP contribution in [0.2, 0.25) is 10.0 Å². The molecule has 29 heavy (non-hydrogen) atoms. The first-order valence-electron chi connectivity index (χ1n) is 9.81. The monoisotopic (exact) mass is 429 g/mol. The summed E-state index contributed by atoms with van der Waals surface area (Å²) in [7, 11) is 0. The third-order valence-corrected chi connectivity index (χ3v) is 7.00. The maximum atomic E-state index is 13.6. The van der Waals surface area contributed by atoms with Gasteiger partial charge in [-0.1, -0.05) is 35.3 Å². The van der Waals surface area contributed by atoms with Crippen molar-refractivity contribution in [2.45, 2.75) is 32.4 Å². The van der Waals surface area contributed by atoms with E-state index in [1.165, 1.54) is 4.90 Å². The van der Waals surface area contributed by atoms with Gasteiger partial charge in [0, 0.05) is 23.1 Å². The fourth-order valence-electron chi connectivity index (χ4n) is 4.95. The second-order valence-corrected chi connectivity index (χ2v) is 8.89. The highest BCUT2D eigenvalue weighted by Gasteiger charge is 2.63. The minimum Gasteiger partial charge on any atom is -0.274 e. The summed E-state index contributed by atoms with van der Waals surface area (Å²) >= 11 is 12.6. The number of fused-ring (bicyclic) bond motifs is 3. The Balaban J connectivity index is 1.60. The van der Waals surface area contributed by atoms with Crippen LogP contribution in [0.1, 0.15) is 29.2 Å². The molecule has 2 aromatic carbocycles. The molecular weight excluding hydrogens is 409 g/mol. The predicted molar refractivity (Wildman–Crippen MR) is 113 cm³/mol. The average Bonchev–Trinajstić information content (AvgIpc) is 3.31. The second kappa shape index (κ2) is 6.81. The van der Waals surface area contributed by atoms with Gasteiger partial charge in [0.2, 0.25) is 5.91 Å². The van der Waals surface area contributed by atoms with Gasteiger partial charge in [0.1, 0.15) is 6.04 Å². The first kappa shape index (κ1) is 19.1. The molecule has 2 aromatic rings. The zero-order chi connectivity index (χ0) is 20.4. The number of nitrogens with zero attached hydrogens (tertiary/aromatic N) is 3. The van der Waals surface area contributed by atoms with Crippen LogP contribution < -0.4 is 4.90 Å². The summed E-state index contributed by atoms with van der Waals surface area (Å²) in [6.07, 6.45) is 0.954. The van der Waals surface area contributed by atoms with Crippen molar-refractivity contribution >= 4 is 40.7 Å². The molecular formula is C22H21Cl2N3O2. The van der Waals surface area contributed by atoms with Crippen LogP contribution in [0.4, 0.5) is 5.69 Å². The topological polar surface area (TPSA) is 43.9 Å². The normalized spacial score (nSPS) is 27.0. The maximum absolute atomic E-state index is 13.6. The Morgan fingerprint density at radius 3 is 2.28 bits per heavy atom. The lowest BCUT2D eigenvalue weighted by molar-refractivity contribution is -0.126. The quantitative estimate of drug-likeness (QED) is 0.672. The molecule has 2 amide bonds. The molecule has 3 aliphatic heterocycles. The zero-order valence-electron chi connectivity index (χ0n) is 16.2. The molecule has 0 aromatic heterocycles. The van der Waals surface area contributed by atoms with E-state index in [1.54, 1.807) is 12.1 Å². The van der Waals surface area contributed by atoms with Crippen molar-refractivity contribution in [1.82, 2.24) is 10.0 Å². The lowest BCUT2D eigenvalue weighted by atomic mass is 9.90. The molecule has 0 bridgehead atoms. The standard InChI is InChI=1S/C22H21Cl2N3O2/c1-12-4-6-15(10-13(12)2)27-21(28)18-19(16-7-5-14(23)11-17(16)24)25-8-3-9-26(25)20(18)22(27)29/h4-7,10-11,18-20H,3,8-9H2,1-2H3/t18-,19-,20+/m0/s1. The zero-order valence-corrected chi connectivity index (χ0v) is 17.7. The number of benzene rings is 2. The Kier molecular flexibility index (Phi) is 4.48. The number of carbonyl (C=O) groups is 2. The molecule has 150 valence electrons. The van der Waals surface area contributed by atoms with Crippen molar-refractivity contribution in [1.29, 1.82) is 0 Å². The number of hydrazine groups is 1. The summed E-state index contributed by atoms with van der Waals surface area (Å²) in [5.41, 5.74) is 3.67. The summed E-state index contributed by atoms with van der Waals surface area (Å²) in [6, 6.07) is 10.3. The number of amides is 2. The van der Waals surface area contributed by atoms with Crippen molar-refractivity contribution in [2.75, 3.05) is 18.0 Å². The molecule has 3 atom stereocenters. The molecule has 5 nitrogen and oxygen atoms in total. The number of anilines is 1. The molecule has 3 fully saturated rings. The van der Waals surface area contributed by atoms with Crippen LogP contribution in [0.3, 0.4) is 0 Å². The Hall–Kier alpha value is -1.92. The van der Waals surface area contributed by atoms with Gasteiger partial charge in [0.15, 0.2) is 0 Å².